The average molecular weight is 284 g/mol. The van der Waals surface area contributed by atoms with Crippen molar-refractivity contribution < 1.29 is 9.18 Å². The van der Waals surface area contributed by atoms with Gasteiger partial charge < -0.3 is 11.1 Å². The van der Waals surface area contributed by atoms with E-state index in [-0.39, 0.29) is 5.56 Å². The molecule has 108 valence electrons. The third-order valence-electron chi connectivity index (χ3n) is 3.91. The predicted molar refractivity (Wildman–Crippen MR) is 79.3 cm³/mol. The van der Waals surface area contributed by atoms with Crippen molar-refractivity contribution >= 4 is 5.91 Å². The maximum Gasteiger partial charge on any atom is 0.248 e. The quantitative estimate of drug-likeness (QED) is 0.886. The number of nitrogens with two attached hydrogens (primary N) is 1. The minimum atomic E-state index is -0.611. The molecule has 1 aliphatic rings. The van der Waals surface area contributed by atoms with Gasteiger partial charge in [-0.15, -0.1) is 0 Å². The second-order valence-corrected chi connectivity index (χ2v) is 5.41. The van der Waals surface area contributed by atoms with Gasteiger partial charge in [0.2, 0.25) is 5.91 Å². The van der Waals surface area contributed by atoms with Crippen LogP contribution in [0.4, 0.5) is 4.39 Å². The van der Waals surface area contributed by atoms with E-state index in [1.807, 2.05) is 18.2 Å². The third-order valence-corrected chi connectivity index (χ3v) is 3.91. The molecule has 0 heterocycles. The molecular weight excluding hydrogens is 267 g/mol. The van der Waals surface area contributed by atoms with Gasteiger partial charge in [-0.2, -0.15) is 0 Å². The smallest absolute Gasteiger partial charge is 0.248 e. The zero-order valence-corrected chi connectivity index (χ0v) is 11.6. The van der Waals surface area contributed by atoms with Gasteiger partial charge in [0.05, 0.1) is 0 Å². The molecule has 3 rings (SSSR count). The maximum atomic E-state index is 13.9. The molecule has 21 heavy (non-hydrogen) atoms. The van der Waals surface area contributed by atoms with Crippen LogP contribution in [0.1, 0.15) is 33.8 Å². The van der Waals surface area contributed by atoms with Crippen LogP contribution in [0, 0.1) is 5.82 Å². The summed E-state index contributed by atoms with van der Waals surface area (Å²) in [4.78, 5) is 11.0. The number of rotatable bonds is 5. The van der Waals surface area contributed by atoms with Crippen molar-refractivity contribution in [1.82, 2.24) is 5.32 Å². The van der Waals surface area contributed by atoms with Crippen LogP contribution in [-0.4, -0.2) is 11.9 Å². The lowest BCUT2D eigenvalue weighted by molar-refractivity contribution is 0.1000. The van der Waals surface area contributed by atoms with E-state index >= 15 is 0 Å². The fraction of sp³-hybridized carbons (Fsp3) is 0.235. The van der Waals surface area contributed by atoms with Crippen LogP contribution in [0.3, 0.4) is 0 Å². The number of amides is 1. The monoisotopic (exact) mass is 284 g/mol. The first-order chi connectivity index (χ1) is 10.1. The van der Waals surface area contributed by atoms with Crippen LogP contribution < -0.4 is 11.1 Å². The van der Waals surface area contributed by atoms with Crippen molar-refractivity contribution in [2.45, 2.75) is 24.9 Å². The molecule has 0 aromatic heterocycles. The van der Waals surface area contributed by atoms with E-state index in [1.165, 1.54) is 11.6 Å². The highest BCUT2D eigenvalue weighted by molar-refractivity contribution is 5.92. The van der Waals surface area contributed by atoms with Gasteiger partial charge in [0.25, 0.3) is 0 Å². The molecule has 1 saturated carbocycles. The fourth-order valence-electron chi connectivity index (χ4n) is 2.57. The molecule has 2 aromatic carbocycles. The van der Waals surface area contributed by atoms with Gasteiger partial charge in [-0.05, 0) is 24.1 Å². The van der Waals surface area contributed by atoms with E-state index in [9.17, 15) is 9.18 Å². The Morgan fingerprint density at radius 1 is 1.24 bits per heavy atom. The Morgan fingerprint density at radius 2 is 2.00 bits per heavy atom. The number of primary amides is 1. The summed E-state index contributed by atoms with van der Waals surface area (Å²) in [6.07, 6.45) is 1.07. The molecule has 0 spiro atoms. The zero-order chi connectivity index (χ0) is 14.8. The molecule has 2 aromatic rings. The first kappa shape index (κ1) is 13.8. The third kappa shape index (κ3) is 3.11. The summed E-state index contributed by atoms with van der Waals surface area (Å²) >= 11 is 0. The van der Waals surface area contributed by atoms with Crippen LogP contribution in [0.2, 0.25) is 0 Å². The summed E-state index contributed by atoms with van der Waals surface area (Å²) < 4.78 is 13.9. The fourth-order valence-corrected chi connectivity index (χ4v) is 2.57. The van der Waals surface area contributed by atoms with Crippen LogP contribution in [-0.2, 0) is 6.54 Å². The lowest BCUT2D eigenvalue weighted by Crippen LogP contribution is -2.18. The van der Waals surface area contributed by atoms with Crippen LogP contribution in [0.25, 0.3) is 0 Å². The van der Waals surface area contributed by atoms with E-state index in [0.29, 0.717) is 24.1 Å². The summed E-state index contributed by atoms with van der Waals surface area (Å²) in [6, 6.07) is 15.1. The maximum absolute atomic E-state index is 13.9. The van der Waals surface area contributed by atoms with E-state index in [2.05, 4.69) is 17.4 Å². The summed E-state index contributed by atoms with van der Waals surface area (Å²) in [7, 11) is 0. The molecule has 1 fully saturated rings. The molecule has 2 unspecified atom stereocenters. The molecule has 0 aliphatic heterocycles. The summed E-state index contributed by atoms with van der Waals surface area (Å²) in [6.45, 7) is 0.457. The number of hydrogen-bond acceptors (Lipinski definition) is 2. The van der Waals surface area contributed by atoms with Gasteiger partial charge in [0.1, 0.15) is 5.82 Å². The highest BCUT2D eigenvalue weighted by atomic mass is 19.1. The predicted octanol–water partition coefficient (Wildman–Crippen LogP) is 2.57. The highest BCUT2D eigenvalue weighted by Crippen LogP contribution is 2.40. The largest absolute Gasteiger partial charge is 0.366 e. The summed E-state index contributed by atoms with van der Waals surface area (Å²) in [5.41, 5.74) is 7.20. The van der Waals surface area contributed by atoms with Crippen molar-refractivity contribution in [2.24, 2.45) is 5.73 Å². The second kappa shape index (κ2) is 5.66. The molecule has 3 nitrogen and oxygen atoms in total. The van der Waals surface area contributed by atoms with Gasteiger partial charge in [-0.3, -0.25) is 4.79 Å². The topological polar surface area (TPSA) is 55.1 Å². The van der Waals surface area contributed by atoms with Crippen molar-refractivity contribution in [3.05, 3.63) is 71.0 Å². The molecule has 0 bridgehead atoms. The number of benzene rings is 2. The standard InChI is InChI=1S/C17H17FN2O/c18-15-8-12(17(19)21)6-7-13(15)10-20-16-9-14(16)11-4-2-1-3-5-11/h1-8,14,16,20H,9-10H2,(H2,19,21). The normalized spacial score (nSPS) is 20.2. The molecule has 1 aliphatic carbocycles. The van der Waals surface area contributed by atoms with Gasteiger partial charge in [-0.25, -0.2) is 4.39 Å². The minimum absolute atomic E-state index is 0.199. The Hall–Kier alpha value is -2.20. The minimum Gasteiger partial charge on any atom is -0.366 e. The number of nitrogens with one attached hydrogen (secondary N) is 1. The number of hydrogen-bond donors (Lipinski definition) is 2. The molecule has 2 atom stereocenters. The number of carbonyl (C=O) groups is 1. The van der Waals surface area contributed by atoms with Crippen LogP contribution in [0.15, 0.2) is 48.5 Å². The van der Waals surface area contributed by atoms with Crippen LogP contribution >= 0.6 is 0 Å². The Balaban J connectivity index is 1.58. The van der Waals surface area contributed by atoms with Gasteiger partial charge in [-0.1, -0.05) is 36.4 Å². The zero-order valence-electron chi connectivity index (χ0n) is 11.6. The van der Waals surface area contributed by atoms with Gasteiger partial charge in [0.15, 0.2) is 0 Å². The number of halogens is 1. The SMILES string of the molecule is NC(=O)c1ccc(CNC2CC2c2ccccc2)c(F)c1. The molecule has 0 saturated heterocycles. The van der Waals surface area contributed by atoms with Crippen LogP contribution in [0.5, 0.6) is 0 Å². The lowest BCUT2D eigenvalue weighted by atomic mass is 10.1. The van der Waals surface area contributed by atoms with E-state index in [1.54, 1.807) is 12.1 Å². The van der Waals surface area contributed by atoms with Crippen molar-refractivity contribution in [2.75, 3.05) is 0 Å². The molecular formula is C17H17FN2O. The van der Waals surface area contributed by atoms with E-state index in [0.717, 1.165) is 6.42 Å². The van der Waals surface area contributed by atoms with Crippen molar-refractivity contribution in [3.8, 4) is 0 Å². The Kier molecular flexibility index (Phi) is 3.71. The summed E-state index contributed by atoms with van der Waals surface area (Å²) in [5.74, 6) is -0.491. The van der Waals surface area contributed by atoms with Crippen molar-refractivity contribution in [3.63, 3.8) is 0 Å². The van der Waals surface area contributed by atoms with Gasteiger partial charge >= 0.3 is 0 Å². The molecule has 3 N–H and O–H groups in total. The second-order valence-electron chi connectivity index (χ2n) is 5.41. The van der Waals surface area contributed by atoms with Crippen molar-refractivity contribution in [1.29, 1.82) is 0 Å². The van der Waals surface area contributed by atoms with E-state index in [4.69, 9.17) is 5.73 Å². The Labute approximate surface area is 123 Å². The molecule has 4 heteroatoms. The summed E-state index contributed by atoms with van der Waals surface area (Å²) in [5, 5.41) is 3.35. The molecule has 0 radical (unpaired) electrons. The Bertz CT molecular complexity index is 657. The molecule has 1 amide bonds. The lowest BCUT2D eigenvalue weighted by Gasteiger charge is -2.07. The first-order valence-corrected chi connectivity index (χ1v) is 7.01. The average Bonchev–Trinajstić information content (AvgIpc) is 3.26. The Morgan fingerprint density at radius 3 is 2.67 bits per heavy atom. The van der Waals surface area contributed by atoms with Gasteiger partial charge in [0, 0.05) is 29.6 Å². The first-order valence-electron chi connectivity index (χ1n) is 7.01. The highest BCUT2D eigenvalue weighted by Gasteiger charge is 2.37. The van der Waals surface area contributed by atoms with E-state index < -0.39 is 11.7 Å². The number of carbonyl (C=O) groups excluding carboxylic acids is 1.